The van der Waals surface area contributed by atoms with Crippen LogP contribution in [0.15, 0.2) is 24.3 Å². The number of piperidine rings is 2. The molecule has 0 aromatic heterocycles. The Morgan fingerprint density at radius 2 is 1.91 bits per heavy atom. The van der Waals surface area contributed by atoms with Crippen LogP contribution in [0.1, 0.15) is 50.7 Å². The number of likely N-dealkylation sites (tertiary alicyclic amines) is 2. The minimum Gasteiger partial charge on any atom is -0.387 e. The van der Waals surface area contributed by atoms with Crippen molar-refractivity contribution in [2.45, 2.75) is 64.1 Å². The molecule has 2 saturated heterocycles. The first-order valence-corrected chi connectivity index (χ1v) is 12.2. The Labute approximate surface area is 191 Å². The van der Waals surface area contributed by atoms with Crippen LogP contribution in [0.5, 0.6) is 0 Å². The number of nitrogens with one attached hydrogen (secondary N) is 1. The van der Waals surface area contributed by atoms with Gasteiger partial charge in [0, 0.05) is 57.8 Å². The fourth-order valence-electron chi connectivity index (χ4n) is 5.45. The Hall–Kier alpha value is -2.12. The van der Waals surface area contributed by atoms with Crippen molar-refractivity contribution in [1.29, 1.82) is 0 Å². The molecule has 1 aromatic rings. The van der Waals surface area contributed by atoms with Gasteiger partial charge in [0.15, 0.2) is 0 Å². The lowest BCUT2D eigenvalue weighted by atomic mass is 9.95. The van der Waals surface area contributed by atoms with Crippen molar-refractivity contribution in [2.24, 2.45) is 5.92 Å². The molecule has 0 aliphatic carbocycles. The van der Waals surface area contributed by atoms with Gasteiger partial charge >= 0.3 is 6.03 Å². The van der Waals surface area contributed by atoms with Crippen molar-refractivity contribution < 1.29 is 14.7 Å². The largest absolute Gasteiger partial charge is 0.387 e. The van der Waals surface area contributed by atoms with Gasteiger partial charge in [-0.25, -0.2) is 4.79 Å². The van der Waals surface area contributed by atoms with Crippen molar-refractivity contribution in [1.82, 2.24) is 20.0 Å². The Kier molecular flexibility index (Phi) is 7.05. The van der Waals surface area contributed by atoms with Crippen molar-refractivity contribution >= 4 is 11.9 Å². The molecule has 0 radical (unpaired) electrons. The van der Waals surface area contributed by atoms with Crippen LogP contribution in [0.2, 0.25) is 0 Å². The molecule has 7 nitrogen and oxygen atoms in total. The topological polar surface area (TPSA) is 76.1 Å². The van der Waals surface area contributed by atoms with Gasteiger partial charge < -0.3 is 20.2 Å². The van der Waals surface area contributed by atoms with Gasteiger partial charge in [0.1, 0.15) is 0 Å². The van der Waals surface area contributed by atoms with E-state index in [1.807, 2.05) is 16.7 Å². The molecule has 3 aliphatic heterocycles. The Balaban J connectivity index is 1.26. The number of rotatable bonds is 5. The molecule has 0 saturated carbocycles. The maximum atomic E-state index is 12.9. The molecular weight excluding hydrogens is 404 g/mol. The van der Waals surface area contributed by atoms with E-state index in [0.717, 1.165) is 51.7 Å². The van der Waals surface area contributed by atoms with Gasteiger partial charge in [-0.15, -0.1) is 0 Å². The molecule has 2 N–H and O–H groups in total. The Morgan fingerprint density at radius 3 is 2.72 bits per heavy atom. The molecule has 176 valence electrons. The van der Waals surface area contributed by atoms with Gasteiger partial charge in [-0.1, -0.05) is 31.2 Å². The van der Waals surface area contributed by atoms with E-state index in [1.165, 1.54) is 11.1 Å². The molecule has 3 aliphatic rings. The zero-order chi connectivity index (χ0) is 22.7. The summed E-state index contributed by atoms with van der Waals surface area (Å²) in [7, 11) is 0. The molecule has 7 heteroatoms. The number of benzene rings is 1. The summed E-state index contributed by atoms with van der Waals surface area (Å²) in [5.74, 6) is 0.319. The van der Waals surface area contributed by atoms with Crippen LogP contribution in [0.4, 0.5) is 4.79 Å². The maximum absolute atomic E-state index is 12.9. The normalized spacial score (nSPS) is 26.4. The van der Waals surface area contributed by atoms with Crippen LogP contribution < -0.4 is 5.32 Å². The van der Waals surface area contributed by atoms with Crippen LogP contribution in [0, 0.1) is 5.92 Å². The molecule has 3 atom stereocenters. The van der Waals surface area contributed by atoms with Crippen molar-refractivity contribution in [3.63, 3.8) is 0 Å². The third-order valence-electron chi connectivity index (χ3n) is 7.26. The second-order valence-corrected chi connectivity index (χ2v) is 10.2. The first-order valence-electron chi connectivity index (χ1n) is 12.2. The summed E-state index contributed by atoms with van der Waals surface area (Å²) >= 11 is 0. The van der Waals surface area contributed by atoms with Crippen LogP contribution >= 0.6 is 0 Å². The quantitative estimate of drug-likeness (QED) is 0.733. The highest BCUT2D eigenvalue weighted by molar-refractivity contribution is 5.80. The first kappa shape index (κ1) is 23.1. The molecular formula is C25H38N4O3. The number of amides is 3. The van der Waals surface area contributed by atoms with E-state index in [1.54, 1.807) is 6.92 Å². The smallest absolute Gasteiger partial charge is 0.317 e. The van der Waals surface area contributed by atoms with E-state index in [0.29, 0.717) is 19.6 Å². The zero-order valence-corrected chi connectivity index (χ0v) is 19.6. The summed E-state index contributed by atoms with van der Waals surface area (Å²) in [6.07, 6.45) is 4.85. The second kappa shape index (κ2) is 9.79. The van der Waals surface area contributed by atoms with Crippen LogP contribution in [0.3, 0.4) is 0 Å². The van der Waals surface area contributed by atoms with Crippen LogP contribution in [0.25, 0.3) is 0 Å². The van der Waals surface area contributed by atoms with Crippen molar-refractivity contribution in [2.75, 3.05) is 39.3 Å². The number of carbonyl (C=O) groups is 2. The fraction of sp³-hybridized carbons (Fsp3) is 0.680. The van der Waals surface area contributed by atoms with Crippen molar-refractivity contribution in [3.05, 3.63) is 35.4 Å². The number of nitrogens with zero attached hydrogens (tertiary/aromatic N) is 3. The molecule has 1 aromatic carbocycles. The summed E-state index contributed by atoms with van der Waals surface area (Å²) in [6.45, 7) is 8.35. The average molecular weight is 443 g/mol. The Morgan fingerprint density at radius 1 is 1.16 bits per heavy atom. The highest BCUT2D eigenvalue weighted by atomic mass is 16.3. The predicted molar refractivity (Wildman–Crippen MR) is 124 cm³/mol. The summed E-state index contributed by atoms with van der Waals surface area (Å²) in [4.78, 5) is 31.5. The first-order chi connectivity index (χ1) is 15.3. The highest BCUT2D eigenvalue weighted by Crippen LogP contribution is 2.24. The summed E-state index contributed by atoms with van der Waals surface area (Å²) in [5.41, 5.74) is 1.70. The minimum absolute atomic E-state index is 0.0878. The minimum atomic E-state index is -1.00. The number of β-amino-alcohol motifs (C(OH)–C–C–N with tert-alkyl or cyclic N) is 1. The zero-order valence-electron chi connectivity index (χ0n) is 19.6. The number of hydrogen-bond donors (Lipinski definition) is 2. The summed E-state index contributed by atoms with van der Waals surface area (Å²) in [6, 6.07) is 8.43. The second-order valence-electron chi connectivity index (χ2n) is 10.2. The lowest BCUT2D eigenvalue weighted by molar-refractivity contribution is -0.141. The third-order valence-corrected chi connectivity index (χ3v) is 7.26. The molecule has 3 amide bonds. The van der Waals surface area contributed by atoms with Crippen molar-refractivity contribution in [3.8, 4) is 0 Å². The number of hydrogen-bond acceptors (Lipinski definition) is 4. The van der Waals surface area contributed by atoms with E-state index in [-0.39, 0.29) is 30.4 Å². The standard InChI is InChI=1S/C25H38N4O3/c1-19-7-5-13-29(23(19)30)22-10-6-12-28(16-22)24(31)26-17-25(2,32)18-27-14-11-20-8-3-4-9-21(20)15-27/h3-4,8-9,19,22,32H,5-7,10-18H2,1-2H3,(H,26,31)/t19?,22-,25-/m1/s1. The fourth-order valence-corrected chi connectivity index (χ4v) is 5.45. The van der Waals surface area contributed by atoms with Gasteiger partial charge in [-0.05, 0) is 50.2 Å². The molecule has 32 heavy (non-hydrogen) atoms. The molecule has 0 spiro atoms. The van der Waals surface area contributed by atoms with Gasteiger partial charge in [-0.3, -0.25) is 9.69 Å². The number of fused-ring (bicyclic) bond motifs is 1. The van der Waals surface area contributed by atoms with E-state index >= 15 is 0 Å². The molecule has 2 fully saturated rings. The van der Waals surface area contributed by atoms with Gasteiger partial charge in [0.25, 0.3) is 0 Å². The van der Waals surface area contributed by atoms with Gasteiger partial charge in [0.2, 0.25) is 5.91 Å². The van der Waals surface area contributed by atoms with Crippen LogP contribution in [-0.2, 0) is 17.8 Å². The summed E-state index contributed by atoms with van der Waals surface area (Å²) in [5, 5.41) is 13.9. The number of carbonyl (C=O) groups excluding carboxylic acids is 2. The maximum Gasteiger partial charge on any atom is 0.317 e. The molecule has 0 bridgehead atoms. The SMILES string of the molecule is CC1CCCN([C@@H]2CCCN(C(=O)NC[C@@](C)(O)CN3CCc4ccccc4C3)C2)C1=O. The predicted octanol–water partition coefficient (Wildman–Crippen LogP) is 2.23. The van der Waals surface area contributed by atoms with Gasteiger partial charge in [0.05, 0.1) is 5.60 Å². The van der Waals surface area contributed by atoms with Gasteiger partial charge in [-0.2, -0.15) is 0 Å². The highest BCUT2D eigenvalue weighted by Gasteiger charge is 2.35. The van der Waals surface area contributed by atoms with Crippen LogP contribution in [-0.4, -0.2) is 82.7 Å². The van der Waals surface area contributed by atoms with E-state index in [2.05, 4.69) is 34.5 Å². The third kappa shape index (κ3) is 5.44. The monoisotopic (exact) mass is 442 g/mol. The average Bonchev–Trinajstić information content (AvgIpc) is 2.79. The van der Waals surface area contributed by atoms with E-state index < -0.39 is 5.60 Å². The lowest BCUT2D eigenvalue weighted by Crippen LogP contribution is -2.57. The lowest BCUT2D eigenvalue weighted by Gasteiger charge is -2.42. The number of aliphatic hydroxyl groups is 1. The molecule has 3 heterocycles. The molecule has 1 unspecified atom stereocenters. The Bertz CT molecular complexity index is 827. The van der Waals surface area contributed by atoms with E-state index in [4.69, 9.17) is 0 Å². The van der Waals surface area contributed by atoms with E-state index in [9.17, 15) is 14.7 Å². The summed E-state index contributed by atoms with van der Waals surface area (Å²) < 4.78 is 0. The number of urea groups is 1. The molecule has 4 rings (SSSR count).